The zero-order valence-electron chi connectivity index (χ0n) is 11.9. The van der Waals surface area contributed by atoms with E-state index >= 15 is 0 Å². The fourth-order valence-electron chi connectivity index (χ4n) is 2.79. The molecule has 0 aliphatic carbocycles. The maximum atomic E-state index is 2.55. The normalized spacial score (nSPS) is 16.6. The number of nitrogens with zero attached hydrogens (tertiary/aromatic N) is 2. The summed E-state index contributed by atoms with van der Waals surface area (Å²) in [6.07, 6.45) is 1.15. The van der Waals surface area contributed by atoms with Gasteiger partial charge in [-0.05, 0) is 17.5 Å². The van der Waals surface area contributed by atoms with E-state index in [1.807, 2.05) is 0 Å². The number of hydrogen-bond acceptors (Lipinski definition) is 2. The van der Waals surface area contributed by atoms with Gasteiger partial charge in [-0.2, -0.15) is 0 Å². The van der Waals surface area contributed by atoms with Gasteiger partial charge in [0.2, 0.25) is 0 Å². The molecule has 0 unspecified atom stereocenters. The van der Waals surface area contributed by atoms with Crippen molar-refractivity contribution in [3.05, 3.63) is 71.8 Å². The van der Waals surface area contributed by atoms with Crippen LogP contribution in [0.4, 0.5) is 0 Å². The van der Waals surface area contributed by atoms with Crippen LogP contribution in [0.15, 0.2) is 60.7 Å². The number of hydrogen-bond donors (Lipinski definition) is 0. The Hall–Kier alpha value is -1.64. The van der Waals surface area contributed by atoms with Crippen molar-refractivity contribution >= 4 is 0 Å². The second-order valence-electron chi connectivity index (χ2n) is 5.53. The molecule has 0 amide bonds. The van der Waals surface area contributed by atoms with Gasteiger partial charge in [-0.1, -0.05) is 60.7 Å². The van der Waals surface area contributed by atoms with Gasteiger partial charge in [0.05, 0.1) is 6.67 Å². The Morgan fingerprint density at radius 2 is 1.30 bits per heavy atom. The van der Waals surface area contributed by atoms with E-state index in [9.17, 15) is 0 Å². The monoisotopic (exact) mass is 266 g/mol. The molecule has 0 saturated carbocycles. The van der Waals surface area contributed by atoms with E-state index in [1.165, 1.54) is 24.2 Å². The first kappa shape index (κ1) is 13.3. The highest BCUT2D eigenvalue weighted by Crippen LogP contribution is 2.11. The molecule has 1 aliphatic rings. The molecule has 1 fully saturated rings. The van der Waals surface area contributed by atoms with Gasteiger partial charge in [-0.3, -0.25) is 9.80 Å². The molecular formula is C18H22N2. The molecule has 2 heteroatoms. The average Bonchev–Trinajstić information content (AvgIpc) is 2.95. The first-order valence-corrected chi connectivity index (χ1v) is 7.43. The van der Waals surface area contributed by atoms with Gasteiger partial charge in [0.25, 0.3) is 0 Å². The molecule has 2 aromatic carbocycles. The smallest absolute Gasteiger partial charge is 0.0510 e. The number of benzene rings is 2. The van der Waals surface area contributed by atoms with Crippen molar-refractivity contribution in [3.63, 3.8) is 0 Å². The topological polar surface area (TPSA) is 6.48 Å². The van der Waals surface area contributed by atoms with Crippen LogP contribution >= 0.6 is 0 Å². The van der Waals surface area contributed by atoms with Gasteiger partial charge in [0.1, 0.15) is 0 Å². The number of rotatable bonds is 5. The summed E-state index contributed by atoms with van der Waals surface area (Å²) in [7, 11) is 0. The zero-order chi connectivity index (χ0) is 13.6. The maximum absolute atomic E-state index is 2.55. The molecule has 20 heavy (non-hydrogen) atoms. The predicted molar refractivity (Wildman–Crippen MR) is 83.4 cm³/mol. The van der Waals surface area contributed by atoms with E-state index in [-0.39, 0.29) is 0 Å². The highest BCUT2D eigenvalue weighted by molar-refractivity contribution is 5.15. The third kappa shape index (κ3) is 3.69. The molecule has 2 aromatic rings. The zero-order valence-corrected chi connectivity index (χ0v) is 11.9. The van der Waals surface area contributed by atoms with Gasteiger partial charge < -0.3 is 0 Å². The summed E-state index contributed by atoms with van der Waals surface area (Å²) >= 11 is 0. The van der Waals surface area contributed by atoms with Crippen molar-refractivity contribution in [1.82, 2.24) is 9.80 Å². The summed E-state index contributed by atoms with van der Waals surface area (Å²) < 4.78 is 0. The molecule has 0 radical (unpaired) electrons. The second kappa shape index (κ2) is 6.69. The van der Waals surface area contributed by atoms with Gasteiger partial charge in [0, 0.05) is 26.2 Å². The third-order valence-corrected chi connectivity index (χ3v) is 3.94. The molecule has 1 heterocycles. The standard InChI is InChI=1S/C18H22N2/c1-3-7-17(8-4-1)11-12-19-13-14-20(16-19)15-18-9-5-2-6-10-18/h1-10H,11-16H2. The minimum atomic E-state index is 1.07. The van der Waals surface area contributed by atoms with Crippen molar-refractivity contribution < 1.29 is 0 Å². The van der Waals surface area contributed by atoms with Gasteiger partial charge in [-0.15, -0.1) is 0 Å². The molecule has 0 N–H and O–H groups in total. The van der Waals surface area contributed by atoms with Crippen molar-refractivity contribution in [2.75, 3.05) is 26.3 Å². The summed E-state index contributed by atoms with van der Waals surface area (Å²) in [5, 5.41) is 0. The van der Waals surface area contributed by atoms with Crippen LogP contribution in [0.3, 0.4) is 0 Å². The Labute approximate surface area is 121 Å². The average molecular weight is 266 g/mol. The highest BCUT2D eigenvalue weighted by atomic mass is 15.4. The summed E-state index contributed by atoms with van der Waals surface area (Å²) in [6, 6.07) is 21.5. The van der Waals surface area contributed by atoms with Gasteiger partial charge >= 0.3 is 0 Å². The largest absolute Gasteiger partial charge is 0.289 e. The van der Waals surface area contributed by atoms with E-state index in [1.54, 1.807) is 0 Å². The Morgan fingerprint density at radius 1 is 0.700 bits per heavy atom. The Kier molecular flexibility index (Phi) is 4.46. The fourth-order valence-corrected chi connectivity index (χ4v) is 2.79. The lowest BCUT2D eigenvalue weighted by atomic mass is 10.1. The third-order valence-electron chi connectivity index (χ3n) is 3.94. The van der Waals surface area contributed by atoms with Gasteiger partial charge in [-0.25, -0.2) is 0 Å². The van der Waals surface area contributed by atoms with Crippen LogP contribution in [0, 0.1) is 0 Å². The Balaban J connectivity index is 1.45. The van der Waals surface area contributed by atoms with Crippen molar-refractivity contribution in [1.29, 1.82) is 0 Å². The van der Waals surface area contributed by atoms with Crippen molar-refractivity contribution in [2.45, 2.75) is 13.0 Å². The molecule has 1 saturated heterocycles. The Bertz CT molecular complexity index is 509. The second-order valence-corrected chi connectivity index (χ2v) is 5.53. The SMILES string of the molecule is c1ccc(CCN2CCN(Cc3ccccc3)C2)cc1. The molecule has 2 nitrogen and oxygen atoms in total. The van der Waals surface area contributed by atoms with E-state index < -0.39 is 0 Å². The molecule has 0 spiro atoms. The van der Waals surface area contributed by atoms with Crippen LogP contribution < -0.4 is 0 Å². The molecule has 0 bridgehead atoms. The van der Waals surface area contributed by atoms with Crippen LogP contribution in [0.5, 0.6) is 0 Å². The molecule has 0 aromatic heterocycles. The molecule has 3 rings (SSSR count). The van der Waals surface area contributed by atoms with Crippen LogP contribution in [-0.2, 0) is 13.0 Å². The summed E-state index contributed by atoms with van der Waals surface area (Å²) in [6.45, 7) is 5.71. The van der Waals surface area contributed by atoms with E-state index in [0.29, 0.717) is 0 Å². The Morgan fingerprint density at radius 3 is 2.00 bits per heavy atom. The fraction of sp³-hybridized carbons (Fsp3) is 0.333. The van der Waals surface area contributed by atoms with Gasteiger partial charge in [0.15, 0.2) is 0 Å². The van der Waals surface area contributed by atoms with Crippen molar-refractivity contribution in [2.24, 2.45) is 0 Å². The molecule has 104 valence electrons. The quantitative estimate of drug-likeness (QED) is 0.821. The predicted octanol–water partition coefficient (Wildman–Crippen LogP) is 3.00. The lowest BCUT2D eigenvalue weighted by Gasteiger charge is -2.18. The minimum Gasteiger partial charge on any atom is -0.289 e. The summed E-state index contributed by atoms with van der Waals surface area (Å²) in [4.78, 5) is 5.08. The van der Waals surface area contributed by atoms with E-state index in [0.717, 1.165) is 26.2 Å². The van der Waals surface area contributed by atoms with E-state index in [4.69, 9.17) is 0 Å². The lowest BCUT2D eigenvalue weighted by molar-refractivity contribution is 0.242. The summed E-state index contributed by atoms with van der Waals surface area (Å²) in [5.41, 5.74) is 2.85. The van der Waals surface area contributed by atoms with Crippen molar-refractivity contribution in [3.8, 4) is 0 Å². The minimum absolute atomic E-state index is 1.07. The first-order chi connectivity index (χ1) is 9.90. The molecular weight excluding hydrogens is 244 g/mol. The van der Waals surface area contributed by atoms with Crippen LogP contribution in [0.1, 0.15) is 11.1 Å². The van der Waals surface area contributed by atoms with Crippen LogP contribution in [-0.4, -0.2) is 36.1 Å². The maximum Gasteiger partial charge on any atom is 0.0510 e. The van der Waals surface area contributed by atoms with Crippen LogP contribution in [0.2, 0.25) is 0 Å². The van der Waals surface area contributed by atoms with E-state index in [2.05, 4.69) is 70.5 Å². The lowest BCUT2D eigenvalue weighted by Crippen LogP contribution is -2.27. The van der Waals surface area contributed by atoms with Crippen LogP contribution in [0.25, 0.3) is 0 Å². The highest BCUT2D eigenvalue weighted by Gasteiger charge is 2.19. The summed E-state index contributed by atoms with van der Waals surface area (Å²) in [5.74, 6) is 0. The molecule has 0 atom stereocenters. The first-order valence-electron chi connectivity index (χ1n) is 7.43. The molecule has 1 aliphatic heterocycles.